The van der Waals surface area contributed by atoms with E-state index in [1.807, 2.05) is 6.07 Å². The van der Waals surface area contributed by atoms with Crippen LogP contribution in [0.5, 0.6) is 0 Å². The number of hydrogen-bond acceptors (Lipinski definition) is 3. The van der Waals surface area contributed by atoms with Crippen molar-refractivity contribution in [1.29, 1.82) is 0 Å². The zero-order valence-electron chi connectivity index (χ0n) is 9.17. The quantitative estimate of drug-likeness (QED) is 0.825. The summed E-state index contributed by atoms with van der Waals surface area (Å²) in [4.78, 5) is 4.01. The highest BCUT2D eigenvalue weighted by atomic mass is 16.5. The van der Waals surface area contributed by atoms with Gasteiger partial charge in [-0.25, -0.2) is 0 Å². The van der Waals surface area contributed by atoms with Crippen LogP contribution in [0, 0.1) is 18.8 Å². The number of aromatic nitrogens is 1. The van der Waals surface area contributed by atoms with E-state index in [9.17, 15) is 0 Å². The predicted molar refractivity (Wildman–Crippen MR) is 62.2 cm³/mol. The minimum atomic E-state index is 0.110. The Hall–Kier alpha value is -1.09. The van der Waals surface area contributed by atoms with Gasteiger partial charge in [0.1, 0.15) is 0 Å². The molecule has 0 spiro atoms. The van der Waals surface area contributed by atoms with Crippen molar-refractivity contribution in [1.82, 2.24) is 4.98 Å². The van der Waals surface area contributed by atoms with Crippen LogP contribution in [0.15, 0.2) is 18.5 Å². The van der Waals surface area contributed by atoms with Crippen molar-refractivity contribution in [3.05, 3.63) is 36.9 Å². The molecule has 1 aliphatic carbocycles. The van der Waals surface area contributed by atoms with Crippen molar-refractivity contribution in [2.45, 2.75) is 31.5 Å². The van der Waals surface area contributed by atoms with Crippen molar-refractivity contribution in [3.8, 4) is 0 Å². The lowest BCUT2D eigenvalue weighted by molar-refractivity contribution is -0.0212. The summed E-state index contributed by atoms with van der Waals surface area (Å²) in [6, 6.07) is 1.96. The van der Waals surface area contributed by atoms with E-state index in [0.717, 1.165) is 23.6 Å². The summed E-state index contributed by atoms with van der Waals surface area (Å²) in [5.41, 5.74) is 7.73. The standard InChI is InChI=1S/C13H16N2O/c14-11-8-15-7-6-10(11)13-3-1-2-12(16-13)9-4-5-9/h1-2,6-9,12-13H,3-5,14H2/t12-,13-/m0/s1. The summed E-state index contributed by atoms with van der Waals surface area (Å²) >= 11 is 0. The molecule has 1 saturated carbocycles. The molecule has 1 aromatic heterocycles. The Morgan fingerprint density at radius 2 is 2.25 bits per heavy atom. The van der Waals surface area contributed by atoms with Crippen LogP contribution in [0.3, 0.4) is 0 Å². The fourth-order valence-corrected chi connectivity index (χ4v) is 2.23. The first kappa shape index (κ1) is 10.1. The van der Waals surface area contributed by atoms with Crippen molar-refractivity contribution in [2.75, 3.05) is 5.73 Å². The smallest absolute Gasteiger partial charge is 0.0852 e. The Balaban J connectivity index is 1.76. The van der Waals surface area contributed by atoms with Crippen LogP contribution in [0.25, 0.3) is 0 Å². The van der Waals surface area contributed by atoms with Crippen molar-refractivity contribution >= 4 is 5.69 Å². The Morgan fingerprint density at radius 3 is 3.00 bits per heavy atom. The van der Waals surface area contributed by atoms with Gasteiger partial charge in [-0.2, -0.15) is 0 Å². The van der Waals surface area contributed by atoms with Crippen LogP contribution in [0.2, 0.25) is 0 Å². The average molecular weight is 216 g/mol. The molecule has 1 aliphatic heterocycles. The molecule has 3 rings (SSSR count). The minimum absolute atomic E-state index is 0.110. The Kier molecular flexibility index (Phi) is 2.56. The number of anilines is 1. The summed E-state index contributed by atoms with van der Waals surface area (Å²) in [5, 5.41) is 0. The Morgan fingerprint density at radius 1 is 1.38 bits per heavy atom. The molecule has 0 amide bonds. The minimum Gasteiger partial charge on any atom is -0.397 e. The van der Waals surface area contributed by atoms with Gasteiger partial charge in [-0.1, -0.05) is 0 Å². The fourth-order valence-electron chi connectivity index (χ4n) is 2.23. The predicted octanol–water partition coefficient (Wildman–Crippen LogP) is 2.31. The number of rotatable bonds is 2. The summed E-state index contributed by atoms with van der Waals surface area (Å²) in [7, 11) is 0. The second-order valence-corrected chi connectivity index (χ2v) is 4.60. The van der Waals surface area contributed by atoms with E-state index in [-0.39, 0.29) is 6.10 Å². The van der Waals surface area contributed by atoms with Crippen molar-refractivity contribution < 1.29 is 4.74 Å². The van der Waals surface area contributed by atoms with Crippen LogP contribution in [0.4, 0.5) is 5.69 Å². The van der Waals surface area contributed by atoms with Gasteiger partial charge < -0.3 is 10.5 Å². The molecule has 2 radical (unpaired) electrons. The lowest BCUT2D eigenvalue weighted by Crippen LogP contribution is -2.25. The van der Waals surface area contributed by atoms with Crippen LogP contribution < -0.4 is 5.73 Å². The average Bonchev–Trinajstić information content (AvgIpc) is 3.14. The molecular weight excluding hydrogens is 200 g/mol. The highest BCUT2D eigenvalue weighted by Gasteiger charge is 2.36. The molecular formula is C13H16N2O. The van der Waals surface area contributed by atoms with Crippen LogP contribution >= 0.6 is 0 Å². The largest absolute Gasteiger partial charge is 0.397 e. The normalized spacial score (nSPS) is 30.2. The summed E-state index contributed by atoms with van der Waals surface area (Å²) in [6.07, 6.45) is 11.8. The van der Waals surface area contributed by atoms with E-state index in [4.69, 9.17) is 10.5 Å². The first-order valence-electron chi connectivity index (χ1n) is 5.86. The second kappa shape index (κ2) is 4.06. The molecule has 0 unspecified atom stereocenters. The number of nitrogens with two attached hydrogens (primary N) is 1. The second-order valence-electron chi connectivity index (χ2n) is 4.60. The molecule has 0 bridgehead atoms. The van der Waals surface area contributed by atoms with Gasteiger partial charge in [0.25, 0.3) is 0 Å². The third-order valence-electron chi connectivity index (χ3n) is 3.32. The number of pyridine rings is 1. The van der Waals surface area contributed by atoms with Crippen LogP contribution in [-0.4, -0.2) is 11.1 Å². The van der Waals surface area contributed by atoms with Gasteiger partial charge in [0.05, 0.1) is 24.1 Å². The SMILES string of the molecule is Nc1cnccc1[C@@H]1C[CH][CH][C@@H](C2CC2)O1. The highest BCUT2D eigenvalue weighted by Crippen LogP contribution is 2.42. The van der Waals surface area contributed by atoms with E-state index >= 15 is 0 Å². The van der Waals surface area contributed by atoms with E-state index in [1.165, 1.54) is 12.8 Å². The van der Waals surface area contributed by atoms with E-state index in [2.05, 4.69) is 17.8 Å². The summed E-state index contributed by atoms with van der Waals surface area (Å²) < 4.78 is 6.08. The maximum atomic E-state index is 6.08. The summed E-state index contributed by atoms with van der Waals surface area (Å²) in [5.74, 6) is 0.738. The first-order chi connectivity index (χ1) is 7.84. The number of ether oxygens (including phenoxy) is 1. The molecule has 1 saturated heterocycles. The van der Waals surface area contributed by atoms with Crippen LogP contribution in [0.1, 0.15) is 30.9 Å². The molecule has 3 nitrogen and oxygen atoms in total. The maximum Gasteiger partial charge on any atom is 0.0852 e. The lowest BCUT2D eigenvalue weighted by Gasteiger charge is -2.30. The molecule has 84 valence electrons. The number of hydrogen-bond donors (Lipinski definition) is 1. The van der Waals surface area contributed by atoms with Gasteiger partial charge in [0.15, 0.2) is 0 Å². The van der Waals surface area contributed by atoms with Crippen LogP contribution in [-0.2, 0) is 4.74 Å². The fraction of sp³-hybridized carbons (Fsp3) is 0.462. The third-order valence-corrected chi connectivity index (χ3v) is 3.32. The number of nitrogens with zero attached hydrogens (tertiary/aromatic N) is 1. The molecule has 2 N–H and O–H groups in total. The van der Waals surface area contributed by atoms with Gasteiger partial charge in [-0.05, 0) is 44.1 Å². The first-order valence-corrected chi connectivity index (χ1v) is 5.86. The lowest BCUT2D eigenvalue weighted by atomic mass is 9.96. The van der Waals surface area contributed by atoms with Gasteiger partial charge in [0, 0.05) is 11.8 Å². The highest BCUT2D eigenvalue weighted by molar-refractivity contribution is 5.45. The van der Waals surface area contributed by atoms with E-state index in [1.54, 1.807) is 12.4 Å². The molecule has 2 atom stereocenters. The topological polar surface area (TPSA) is 48.1 Å². The van der Waals surface area contributed by atoms with Gasteiger partial charge in [0.2, 0.25) is 0 Å². The Labute approximate surface area is 96.0 Å². The Bertz CT molecular complexity index is 376. The molecule has 2 heterocycles. The van der Waals surface area contributed by atoms with Crippen molar-refractivity contribution in [2.24, 2.45) is 5.92 Å². The zero-order chi connectivity index (χ0) is 11.0. The molecule has 3 heteroatoms. The van der Waals surface area contributed by atoms with Crippen molar-refractivity contribution in [3.63, 3.8) is 0 Å². The van der Waals surface area contributed by atoms with Gasteiger partial charge in [-0.3, -0.25) is 4.98 Å². The third kappa shape index (κ3) is 1.92. The molecule has 2 aliphatic rings. The number of nitrogen functional groups attached to an aromatic ring is 1. The monoisotopic (exact) mass is 216 g/mol. The molecule has 0 aromatic carbocycles. The molecule has 1 aromatic rings. The zero-order valence-corrected chi connectivity index (χ0v) is 9.17. The molecule has 16 heavy (non-hydrogen) atoms. The molecule has 2 fully saturated rings. The maximum absolute atomic E-state index is 6.08. The van der Waals surface area contributed by atoms with Gasteiger partial charge in [-0.15, -0.1) is 0 Å². The summed E-state index contributed by atoms with van der Waals surface area (Å²) in [6.45, 7) is 0. The van der Waals surface area contributed by atoms with Gasteiger partial charge >= 0.3 is 0 Å². The van der Waals surface area contributed by atoms with E-state index < -0.39 is 0 Å². The van der Waals surface area contributed by atoms with E-state index in [0.29, 0.717) is 6.10 Å².